The Kier molecular flexibility index (Phi) is 3.72. The number of para-hydroxylation sites is 1. The van der Waals surface area contributed by atoms with Crippen molar-refractivity contribution in [1.82, 2.24) is 15.0 Å². The highest BCUT2D eigenvalue weighted by atomic mass is 16.6. The molecule has 3 heterocycles. The lowest BCUT2D eigenvalue weighted by molar-refractivity contribution is -0.384. The molecule has 4 rings (SSSR count). The number of aromatic amines is 1. The van der Waals surface area contributed by atoms with Crippen molar-refractivity contribution >= 4 is 28.4 Å². The van der Waals surface area contributed by atoms with Crippen molar-refractivity contribution in [3.05, 3.63) is 52.3 Å². The number of anilines is 2. The van der Waals surface area contributed by atoms with Crippen molar-refractivity contribution in [2.45, 2.75) is 18.8 Å². The number of aromatic nitrogens is 3. The molecule has 1 saturated heterocycles. The highest BCUT2D eigenvalue weighted by Crippen LogP contribution is 2.34. The lowest BCUT2D eigenvalue weighted by atomic mass is 9.89. The second-order valence-electron chi connectivity index (χ2n) is 6.25. The highest BCUT2D eigenvalue weighted by Gasteiger charge is 2.25. The number of piperidine rings is 1. The first-order chi connectivity index (χ1) is 12.1. The van der Waals surface area contributed by atoms with Crippen LogP contribution in [0, 0.1) is 10.1 Å². The lowest BCUT2D eigenvalue weighted by Crippen LogP contribution is -2.34. The summed E-state index contributed by atoms with van der Waals surface area (Å²) >= 11 is 0. The van der Waals surface area contributed by atoms with Crippen LogP contribution in [0.3, 0.4) is 0 Å². The lowest BCUT2D eigenvalue weighted by Gasteiger charge is -2.31. The van der Waals surface area contributed by atoms with E-state index in [1.54, 1.807) is 0 Å². The SMILES string of the molecule is Nc1nc(N2CCC(c3c[nH]c4ccccc34)CC2)ncc1[N+](=O)[O-]. The first-order valence-corrected chi connectivity index (χ1v) is 8.21. The van der Waals surface area contributed by atoms with Gasteiger partial charge >= 0.3 is 5.69 Å². The van der Waals surface area contributed by atoms with Crippen LogP contribution in [0.15, 0.2) is 36.7 Å². The number of nitrogens with one attached hydrogen (secondary N) is 1. The van der Waals surface area contributed by atoms with Crippen LogP contribution >= 0.6 is 0 Å². The normalized spacial score (nSPS) is 15.6. The molecule has 3 aromatic rings. The number of hydrogen-bond donors (Lipinski definition) is 2. The molecule has 0 saturated carbocycles. The van der Waals surface area contributed by atoms with Crippen LogP contribution in [0.5, 0.6) is 0 Å². The van der Waals surface area contributed by atoms with E-state index < -0.39 is 4.92 Å². The Morgan fingerprint density at radius 3 is 2.76 bits per heavy atom. The highest BCUT2D eigenvalue weighted by molar-refractivity contribution is 5.83. The molecule has 8 nitrogen and oxygen atoms in total. The molecular formula is C17H18N6O2. The van der Waals surface area contributed by atoms with Gasteiger partial charge in [0.1, 0.15) is 6.20 Å². The molecule has 1 fully saturated rings. The molecule has 2 aromatic heterocycles. The van der Waals surface area contributed by atoms with E-state index in [4.69, 9.17) is 5.73 Å². The first-order valence-electron chi connectivity index (χ1n) is 8.21. The minimum atomic E-state index is -0.567. The molecule has 3 N–H and O–H groups in total. The van der Waals surface area contributed by atoms with Gasteiger partial charge in [-0.3, -0.25) is 10.1 Å². The van der Waals surface area contributed by atoms with E-state index in [-0.39, 0.29) is 11.5 Å². The van der Waals surface area contributed by atoms with E-state index in [1.807, 2.05) is 11.0 Å². The molecule has 1 aromatic carbocycles. The van der Waals surface area contributed by atoms with Crippen LogP contribution in [0.4, 0.5) is 17.5 Å². The van der Waals surface area contributed by atoms with E-state index in [0.29, 0.717) is 11.9 Å². The standard InChI is InChI=1S/C17H18N6O2/c18-16-15(23(24)25)10-20-17(21-16)22-7-5-11(6-8-22)13-9-19-14-4-2-1-3-12(13)14/h1-4,9-11,19H,5-8H2,(H2,18,20,21). The Bertz CT molecular complexity index is 930. The van der Waals surface area contributed by atoms with Crippen LogP contribution in [0.25, 0.3) is 10.9 Å². The van der Waals surface area contributed by atoms with Gasteiger partial charge in [0.25, 0.3) is 0 Å². The van der Waals surface area contributed by atoms with Crippen molar-refractivity contribution in [3.8, 4) is 0 Å². The van der Waals surface area contributed by atoms with Crippen molar-refractivity contribution < 1.29 is 4.92 Å². The average molecular weight is 338 g/mol. The summed E-state index contributed by atoms with van der Waals surface area (Å²) in [6, 6.07) is 8.32. The number of nitrogens with two attached hydrogens (primary N) is 1. The molecule has 8 heteroatoms. The maximum absolute atomic E-state index is 10.8. The Morgan fingerprint density at radius 1 is 1.28 bits per heavy atom. The number of hydrogen-bond acceptors (Lipinski definition) is 6. The van der Waals surface area contributed by atoms with Crippen molar-refractivity contribution in [1.29, 1.82) is 0 Å². The Morgan fingerprint density at radius 2 is 2.04 bits per heavy atom. The van der Waals surface area contributed by atoms with Crippen LogP contribution in [0.2, 0.25) is 0 Å². The minimum Gasteiger partial charge on any atom is -0.378 e. The zero-order valence-corrected chi connectivity index (χ0v) is 13.6. The number of H-pyrrole nitrogens is 1. The third-order valence-corrected chi connectivity index (χ3v) is 4.82. The molecule has 0 unspecified atom stereocenters. The van der Waals surface area contributed by atoms with Crippen molar-refractivity contribution in [2.75, 3.05) is 23.7 Å². The largest absolute Gasteiger partial charge is 0.378 e. The van der Waals surface area contributed by atoms with Gasteiger partial charge in [0, 0.05) is 30.2 Å². The summed E-state index contributed by atoms with van der Waals surface area (Å²) in [7, 11) is 0. The summed E-state index contributed by atoms with van der Waals surface area (Å²) < 4.78 is 0. The molecule has 1 aliphatic heterocycles. The number of nitrogen functional groups attached to an aromatic ring is 1. The summed E-state index contributed by atoms with van der Waals surface area (Å²) in [6.45, 7) is 1.59. The van der Waals surface area contributed by atoms with Crippen LogP contribution in [-0.4, -0.2) is 33.0 Å². The molecule has 0 amide bonds. The monoisotopic (exact) mass is 338 g/mol. The number of benzene rings is 1. The fourth-order valence-electron chi connectivity index (χ4n) is 3.49. The van der Waals surface area contributed by atoms with Gasteiger partial charge in [0.05, 0.1) is 4.92 Å². The molecule has 0 spiro atoms. The van der Waals surface area contributed by atoms with E-state index in [2.05, 4.69) is 39.3 Å². The number of fused-ring (bicyclic) bond motifs is 1. The molecule has 0 atom stereocenters. The summed E-state index contributed by atoms with van der Waals surface area (Å²) in [5.41, 5.74) is 7.93. The topological polar surface area (TPSA) is 114 Å². The van der Waals surface area contributed by atoms with Crippen molar-refractivity contribution in [3.63, 3.8) is 0 Å². The van der Waals surface area contributed by atoms with E-state index in [0.717, 1.165) is 31.4 Å². The number of rotatable bonds is 3. The van der Waals surface area contributed by atoms with Crippen LogP contribution in [0.1, 0.15) is 24.3 Å². The van der Waals surface area contributed by atoms with Gasteiger partial charge in [-0.25, -0.2) is 4.98 Å². The zero-order valence-electron chi connectivity index (χ0n) is 13.6. The van der Waals surface area contributed by atoms with E-state index in [9.17, 15) is 10.1 Å². The fourth-order valence-corrected chi connectivity index (χ4v) is 3.49. The zero-order chi connectivity index (χ0) is 17.4. The maximum Gasteiger partial charge on any atom is 0.329 e. The van der Waals surface area contributed by atoms with E-state index >= 15 is 0 Å². The van der Waals surface area contributed by atoms with Gasteiger partial charge in [-0.2, -0.15) is 4.98 Å². The Labute approximate surface area is 143 Å². The smallest absolute Gasteiger partial charge is 0.329 e. The van der Waals surface area contributed by atoms with Gasteiger partial charge in [-0.05, 0) is 30.4 Å². The molecule has 0 aliphatic carbocycles. The molecule has 128 valence electrons. The van der Waals surface area contributed by atoms with E-state index in [1.165, 1.54) is 17.1 Å². The maximum atomic E-state index is 10.8. The van der Waals surface area contributed by atoms with Gasteiger partial charge in [-0.15, -0.1) is 0 Å². The van der Waals surface area contributed by atoms with Gasteiger partial charge < -0.3 is 15.6 Å². The minimum absolute atomic E-state index is 0.0891. The molecular weight excluding hydrogens is 320 g/mol. The van der Waals surface area contributed by atoms with Crippen LogP contribution < -0.4 is 10.6 Å². The average Bonchev–Trinajstić information content (AvgIpc) is 3.05. The second kappa shape index (κ2) is 6.04. The quantitative estimate of drug-likeness (QED) is 0.560. The number of nitrogens with zero attached hydrogens (tertiary/aromatic N) is 4. The second-order valence-corrected chi connectivity index (χ2v) is 6.25. The number of nitro groups is 1. The molecule has 0 bridgehead atoms. The first kappa shape index (κ1) is 15.4. The van der Waals surface area contributed by atoms with Gasteiger partial charge in [0.15, 0.2) is 0 Å². The predicted octanol–water partition coefficient (Wildman–Crippen LogP) is 2.83. The molecule has 0 radical (unpaired) electrons. The summed E-state index contributed by atoms with van der Waals surface area (Å²) in [6.07, 6.45) is 5.24. The molecule has 1 aliphatic rings. The summed E-state index contributed by atoms with van der Waals surface area (Å²) in [4.78, 5) is 23.8. The van der Waals surface area contributed by atoms with Gasteiger partial charge in [0.2, 0.25) is 11.8 Å². The summed E-state index contributed by atoms with van der Waals surface area (Å²) in [5, 5.41) is 12.1. The van der Waals surface area contributed by atoms with Gasteiger partial charge in [-0.1, -0.05) is 18.2 Å². The third-order valence-electron chi connectivity index (χ3n) is 4.82. The Balaban J connectivity index is 1.50. The molecule has 25 heavy (non-hydrogen) atoms. The summed E-state index contributed by atoms with van der Waals surface area (Å²) in [5.74, 6) is 0.844. The Hall–Kier alpha value is -3.16. The third kappa shape index (κ3) is 2.75. The van der Waals surface area contributed by atoms with Crippen LogP contribution in [-0.2, 0) is 0 Å². The fraction of sp³-hybridized carbons (Fsp3) is 0.294. The predicted molar refractivity (Wildman–Crippen MR) is 95.6 cm³/mol. The van der Waals surface area contributed by atoms with Crippen molar-refractivity contribution in [2.24, 2.45) is 0 Å².